The average molecular weight is 379 g/mol. The van der Waals surface area contributed by atoms with Crippen molar-refractivity contribution >= 4 is 17.7 Å². The van der Waals surface area contributed by atoms with Crippen LogP contribution in [0.5, 0.6) is 0 Å². The SMILES string of the molecule is CC(=O)O[C@H](C)[C@@H]1CC[C@H]2[C@H]3CCC(=O)[C@@](C)(CCC(=O)O)[C@@H]3CC[C@@]21C. The smallest absolute Gasteiger partial charge is 0.303 e. The second kappa shape index (κ2) is 7.21. The summed E-state index contributed by atoms with van der Waals surface area (Å²) < 4.78 is 5.55. The fourth-order valence-corrected chi connectivity index (χ4v) is 7.12. The van der Waals surface area contributed by atoms with Gasteiger partial charge < -0.3 is 9.84 Å². The number of Topliss-reactive ketones (excluding diaryl/α,β-unsaturated/α-hetero) is 1. The molecule has 0 amide bonds. The van der Waals surface area contributed by atoms with Gasteiger partial charge in [0.2, 0.25) is 0 Å². The summed E-state index contributed by atoms with van der Waals surface area (Å²) in [6.45, 7) is 7.87. The van der Waals surface area contributed by atoms with Gasteiger partial charge in [-0.15, -0.1) is 0 Å². The molecule has 3 fully saturated rings. The molecular weight excluding hydrogens is 344 g/mol. The zero-order valence-corrected chi connectivity index (χ0v) is 17.1. The van der Waals surface area contributed by atoms with Crippen LogP contribution in [0.25, 0.3) is 0 Å². The third-order valence-corrected chi connectivity index (χ3v) is 8.45. The van der Waals surface area contributed by atoms with Crippen molar-refractivity contribution in [3.05, 3.63) is 0 Å². The third kappa shape index (κ3) is 3.42. The zero-order valence-electron chi connectivity index (χ0n) is 17.1. The van der Waals surface area contributed by atoms with Crippen LogP contribution >= 0.6 is 0 Å². The number of ether oxygens (including phenoxy) is 1. The average Bonchev–Trinajstić information content (AvgIpc) is 2.93. The van der Waals surface area contributed by atoms with E-state index in [1.807, 2.05) is 13.8 Å². The number of carboxylic acids is 1. The first-order valence-electron chi connectivity index (χ1n) is 10.5. The molecule has 3 aliphatic rings. The van der Waals surface area contributed by atoms with Crippen molar-refractivity contribution in [2.45, 2.75) is 85.2 Å². The van der Waals surface area contributed by atoms with Crippen molar-refractivity contribution in [3.63, 3.8) is 0 Å². The van der Waals surface area contributed by atoms with Gasteiger partial charge in [-0.2, -0.15) is 0 Å². The molecule has 27 heavy (non-hydrogen) atoms. The summed E-state index contributed by atoms with van der Waals surface area (Å²) >= 11 is 0. The predicted octanol–water partition coefficient (Wildman–Crippen LogP) is 4.23. The van der Waals surface area contributed by atoms with Gasteiger partial charge in [-0.25, -0.2) is 0 Å². The van der Waals surface area contributed by atoms with Crippen molar-refractivity contribution in [2.24, 2.45) is 34.5 Å². The molecule has 0 aliphatic heterocycles. The molecule has 0 spiro atoms. The van der Waals surface area contributed by atoms with Crippen molar-refractivity contribution in [1.82, 2.24) is 0 Å². The molecule has 0 heterocycles. The second-order valence-corrected chi connectivity index (χ2v) is 9.69. The van der Waals surface area contributed by atoms with Crippen LogP contribution < -0.4 is 0 Å². The van der Waals surface area contributed by atoms with Crippen LogP contribution in [0.4, 0.5) is 0 Å². The van der Waals surface area contributed by atoms with E-state index < -0.39 is 11.4 Å². The molecule has 0 aromatic heterocycles. The van der Waals surface area contributed by atoms with Gasteiger partial charge >= 0.3 is 11.9 Å². The molecule has 0 aromatic carbocycles. The lowest BCUT2D eigenvalue weighted by Crippen LogP contribution is -2.53. The van der Waals surface area contributed by atoms with Crippen LogP contribution in [0.3, 0.4) is 0 Å². The molecule has 0 unspecified atom stereocenters. The predicted molar refractivity (Wildman–Crippen MR) is 101 cm³/mol. The Morgan fingerprint density at radius 3 is 2.52 bits per heavy atom. The molecule has 0 bridgehead atoms. The van der Waals surface area contributed by atoms with E-state index >= 15 is 0 Å². The first-order chi connectivity index (χ1) is 12.6. The first kappa shape index (κ1) is 20.3. The van der Waals surface area contributed by atoms with E-state index in [0.717, 1.165) is 32.1 Å². The Hall–Kier alpha value is -1.39. The monoisotopic (exact) mass is 378 g/mol. The molecule has 0 saturated heterocycles. The van der Waals surface area contributed by atoms with Crippen molar-refractivity contribution in [3.8, 4) is 0 Å². The third-order valence-electron chi connectivity index (χ3n) is 8.45. The zero-order chi connectivity index (χ0) is 20.0. The largest absolute Gasteiger partial charge is 0.481 e. The molecule has 152 valence electrons. The Labute approximate surface area is 162 Å². The van der Waals surface area contributed by atoms with Gasteiger partial charge in [0, 0.05) is 31.1 Å². The lowest BCUT2D eigenvalue weighted by molar-refractivity contribution is -0.157. The van der Waals surface area contributed by atoms with E-state index in [0.29, 0.717) is 36.5 Å². The Morgan fingerprint density at radius 1 is 1.19 bits per heavy atom. The molecule has 7 atom stereocenters. The number of carbonyl (C=O) groups excluding carboxylic acids is 2. The molecule has 5 heteroatoms. The number of fused-ring (bicyclic) bond motifs is 3. The normalized spacial score (nSPS) is 42.1. The Bertz CT molecular complexity index is 628. The van der Waals surface area contributed by atoms with Gasteiger partial charge in [0.25, 0.3) is 0 Å². The maximum absolute atomic E-state index is 12.8. The Kier molecular flexibility index (Phi) is 5.44. The standard InChI is InChI=1S/C22H34O5/c1-13(27-14(2)23)16-6-7-17-15-5-8-19(24)22(4,12-10-20(25)26)18(15)9-11-21(16,17)3/h13,15-18H,5-12H2,1-4H3,(H,25,26)/t13-,15-,16+,17+,18-,21-,22+/m1/s1. The molecule has 5 nitrogen and oxygen atoms in total. The summed E-state index contributed by atoms with van der Waals surface area (Å²) in [7, 11) is 0. The van der Waals surface area contributed by atoms with Gasteiger partial charge in [-0.1, -0.05) is 13.8 Å². The lowest BCUT2D eigenvalue weighted by atomic mass is 9.48. The highest BCUT2D eigenvalue weighted by Gasteiger charge is 2.60. The van der Waals surface area contributed by atoms with Gasteiger partial charge in [0.05, 0.1) is 0 Å². The van der Waals surface area contributed by atoms with E-state index in [9.17, 15) is 14.4 Å². The van der Waals surface area contributed by atoms with E-state index in [1.165, 1.54) is 6.92 Å². The number of hydrogen-bond acceptors (Lipinski definition) is 4. The second-order valence-electron chi connectivity index (χ2n) is 9.69. The van der Waals surface area contributed by atoms with Crippen LogP contribution in [0.2, 0.25) is 0 Å². The maximum atomic E-state index is 12.8. The Morgan fingerprint density at radius 2 is 1.89 bits per heavy atom. The van der Waals surface area contributed by atoms with Crippen LogP contribution in [0, 0.1) is 34.5 Å². The van der Waals surface area contributed by atoms with Crippen LogP contribution in [-0.2, 0) is 19.1 Å². The Balaban J connectivity index is 1.82. The summed E-state index contributed by atoms with van der Waals surface area (Å²) in [4.78, 5) is 35.4. The minimum Gasteiger partial charge on any atom is -0.481 e. The summed E-state index contributed by atoms with van der Waals surface area (Å²) in [6, 6.07) is 0. The number of esters is 1. The number of ketones is 1. The summed E-state index contributed by atoms with van der Waals surface area (Å²) in [5.41, 5.74) is -0.355. The molecule has 1 N–H and O–H groups in total. The van der Waals surface area contributed by atoms with Crippen molar-refractivity contribution in [2.75, 3.05) is 0 Å². The number of aliphatic carboxylic acids is 1. The van der Waals surface area contributed by atoms with E-state index in [-0.39, 0.29) is 29.7 Å². The van der Waals surface area contributed by atoms with Gasteiger partial charge in [0.1, 0.15) is 11.9 Å². The summed E-state index contributed by atoms with van der Waals surface area (Å²) in [5.74, 6) is 0.910. The van der Waals surface area contributed by atoms with E-state index in [2.05, 4.69) is 6.92 Å². The van der Waals surface area contributed by atoms with E-state index in [4.69, 9.17) is 9.84 Å². The van der Waals surface area contributed by atoms with E-state index in [1.54, 1.807) is 0 Å². The number of rotatable bonds is 5. The molecule has 3 rings (SSSR count). The minimum absolute atomic E-state index is 0.0690. The molecule has 3 saturated carbocycles. The highest BCUT2D eigenvalue weighted by molar-refractivity contribution is 5.86. The molecule has 3 aliphatic carbocycles. The molecule has 0 radical (unpaired) electrons. The number of carbonyl (C=O) groups is 3. The van der Waals surface area contributed by atoms with Gasteiger partial charge in [-0.3, -0.25) is 14.4 Å². The summed E-state index contributed by atoms with van der Waals surface area (Å²) in [5, 5.41) is 9.15. The highest BCUT2D eigenvalue weighted by Crippen LogP contribution is 2.65. The van der Waals surface area contributed by atoms with Crippen molar-refractivity contribution < 1.29 is 24.2 Å². The topological polar surface area (TPSA) is 80.7 Å². The fraction of sp³-hybridized carbons (Fsp3) is 0.864. The quantitative estimate of drug-likeness (QED) is 0.724. The summed E-state index contributed by atoms with van der Waals surface area (Å²) in [6.07, 6.45) is 6.16. The molecule has 0 aromatic rings. The van der Waals surface area contributed by atoms with Gasteiger partial charge in [0.15, 0.2) is 0 Å². The van der Waals surface area contributed by atoms with Crippen LogP contribution in [-0.4, -0.2) is 28.9 Å². The lowest BCUT2D eigenvalue weighted by Gasteiger charge is -2.56. The highest BCUT2D eigenvalue weighted by atomic mass is 16.5. The van der Waals surface area contributed by atoms with Crippen molar-refractivity contribution in [1.29, 1.82) is 0 Å². The molecular formula is C22H34O5. The van der Waals surface area contributed by atoms with Crippen LogP contribution in [0.15, 0.2) is 0 Å². The maximum Gasteiger partial charge on any atom is 0.303 e. The van der Waals surface area contributed by atoms with Gasteiger partial charge in [-0.05, 0) is 68.6 Å². The first-order valence-corrected chi connectivity index (χ1v) is 10.5. The number of carboxylic acid groups (broad SMARTS) is 1. The van der Waals surface area contributed by atoms with Crippen LogP contribution in [0.1, 0.15) is 79.1 Å². The number of hydrogen-bond donors (Lipinski definition) is 1. The minimum atomic E-state index is -0.817. The fourth-order valence-electron chi connectivity index (χ4n) is 7.12.